The Labute approximate surface area is 173 Å². The van der Waals surface area contributed by atoms with Gasteiger partial charge in [-0.05, 0) is 54.1 Å². The lowest BCUT2D eigenvalue weighted by molar-refractivity contribution is -0.114. The average molecular weight is 405 g/mol. The third-order valence-corrected chi connectivity index (χ3v) is 4.06. The molecular formula is C23H20FN3O3. The van der Waals surface area contributed by atoms with Gasteiger partial charge in [0.2, 0.25) is 5.91 Å². The molecule has 152 valence electrons. The van der Waals surface area contributed by atoms with Crippen LogP contribution >= 0.6 is 0 Å². The molecule has 6 nitrogen and oxygen atoms in total. The van der Waals surface area contributed by atoms with Crippen LogP contribution in [0.5, 0.6) is 5.75 Å². The monoisotopic (exact) mass is 405 g/mol. The predicted octanol–water partition coefficient (Wildman–Crippen LogP) is 4.13. The molecule has 0 bridgehead atoms. The molecule has 0 aromatic heterocycles. The number of ether oxygens (including phenoxy) is 1. The van der Waals surface area contributed by atoms with Crippen molar-refractivity contribution < 1.29 is 18.7 Å². The SMILES string of the molecule is CC(=O)Nc1cccc(C(=O)N/N=C\c2ccc(OCc3ccccc3F)cc2)c1. The second-order valence-corrected chi connectivity index (χ2v) is 6.41. The Balaban J connectivity index is 1.53. The summed E-state index contributed by atoms with van der Waals surface area (Å²) in [6.07, 6.45) is 1.50. The number of hydrogen-bond donors (Lipinski definition) is 2. The number of carbonyl (C=O) groups excluding carboxylic acids is 2. The highest BCUT2D eigenvalue weighted by Gasteiger charge is 2.06. The Kier molecular flexibility index (Phi) is 6.89. The summed E-state index contributed by atoms with van der Waals surface area (Å²) in [5, 5.41) is 6.56. The standard InChI is InChI=1S/C23H20FN3O3/c1-16(28)26-20-7-4-6-18(13-20)23(29)27-25-14-17-9-11-21(12-10-17)30-15-19-5-2-3-8-22(19)24/h2-14H,15H2,1H3,(H,26,28)(H,27,29)/b25-14-. The molecule has 0 aliphatic carbocycles. The van der Waals surface area contributed by atoms with Crippen LogP contribution in [-0.4, -0.2) is 18.0 Å². The lowest BCUT2D eigenvalue weighted by atomic mass is 10.2. The van der Waals surface area contributed by atoms with E-state index in [2.05, 4.69) is 15.8 Å². The van der Waals surface area contributed by atoms with Crippen LogP contribution in [0, 0.1) is 5.82 Å². The van der Waals surface area contributed by atoms with Gasteiger partial charge in [0.05, 0.1) is 6.21 Å². The molecule has 0 fully saturated rings. The van der Waals surface area contributed by atoms with Crippen molar-refractivity contribution >= 4 is 23.7 Å². The van der Waals surface area contributed by atoms with E-state index in [1.807, 2.05) is 0 Å². The number of halogens is 1. The lowest BCUT2D eigenvalue weighted by Crippen LogP contribution is -2.18. The van der Waals surface area contributed by atoms with Gasteiger partial charge in [-0.1, -0.05) is 24.3 Å². The zero-order chi connectivity index (χ0) is 21.3. The first kappa shape index (κ1) is 20.7. The summed E-state index contributed by atoms with van der Waals surface area (Å²) in [5.74, 6) is -0.330. The molecule has 0 aliphatic heterocycles. The molecule has 0 atom stereocenters. The van der Waals surface area contributed by atoms with Crippen molar-refractivity contribution in [2.45, 2.75) is 13.5 Å². The number of hydrazone groups is 1. The van der Waals surface area contributed by atoms with Gasteiger partial charge < -0.3 is 10.1 Å². The fourth-order valence-electron chi connectivity index (χ4n) is 2.60. The van der Waals surface area contributed by atoms with Gasteiger partial charge in [-0.3, -0.25) is 9.59 Å². The van der Waals surface area contributed by atoms with Crippen LogP contribution in [0.3, 0.4) is 0 Å². The van der Waals surface area contributed by atoms with E-state index in [4.69, 9.17) is 4.74 Å². The Morgan fingerprint density at radius 1 is 1.03 bits per heavy atom. The molecule has 0 spiro atoms. The van der Waals surface area contributed by atoms with E-state index in [1.54, 1.807) is 66.7 Å². The van der Waals surface area contributed by atoms with Gasteiger partial charge >= 0.3 is 0 Å². The molecule has 0 unspecified atom stereocenters. The van der Waals surface area contributed by atoms with Crippen LogP contribution in [-0.2, 0) is 11.4 Å². The number of rotatable bonds is 7. The third-order valence-electron chi connectivity index (χ3n) is 4.06. The Hall–Kier alpha value is -4.00. The molecule has 30 heavy (non-hydrogen) atoms. The normalized spacial score (nSPS) is 10.6. The van der Waals surface area contributed by atoms with Crippen LogP contribution in [0.2, 0.25) is 0 Å². The first-order valence-electron chi connectivity index (χ1n) is 9.18. The molecule has 7 heteroatoms. The molecule has 0 aliphatic rings. The van der Waals surface area contributed by atoms with E-state index in [0.717, 1.165) is 5.56 Å². The second kappa shape index (κ2) is 9.97. The molecule has 2 N–H and O–H groups in total. The van der Waals surface area contributed by atoms with E-state index < -0.39 is 5.91 Å². The van der Waals surface area contributed by atoms with E-state index in [9.17, 15) is 14.0 Å². The number of anilines is 1. The van der Waals surface area contributed by atoms with Crippen molar-refractivity contribution in [1.29, 1.82) is 0 Å². The van der Waals surface area contributed by atoms with Crippen molar-refractivity contribution in [2.75, 3.05) is 5.32 Å². The topological polar surface area (TPSA) is 79.8 Å². The number of carbonyl (C=O) groups is 2. The van der Waals surface area contributed by atoms with E-state index in [0.29, 0.717) is 22.6 Å². The Morgan fingerprint density at radius 3 is 2.53 bits per heavy atom. The Bertz CT molecular complexity index is 1070. The molecule has 3 aromatic rings. The van der Waals surface area contributed by atoms with Crippen molar-refractivity contribution in [3.05, 3.63) is 95.3 Å². The molecule has 0 radical (unpaired) electrons. The minimum absolute atomic E-state index is 0.133. The number of nitrogens with one attached hydrogen (secondary N) is 2. The van der Waals surface area contributed by atoms with Crippen LogP contribution < -0.4 is 15.5 Å². The van der Waals surface area contributed by atoms with Crippen LogP contribution in [0.25, 0.3) is 0 Å². The van der Waals surface area contributed by atoms with Crippen molar-refractivity contribution in [2.24, 2.45) is 5.10 Å². The van der Waals surface area contributed by atoms with E-state index >= 15 is 0 Å². The first-order chi connectivity index (χ1) is 14.5. The number of hydrogen-bond acceptors (Lipinski definition) is 4. The minimum atomic E-state index is -0.400. The van der Waals surface area contributed by atoms with Crippen LogP contribution in [0.1, 0.15) is 28.4 Å². The lowest BCUT2D eigenvalue weighted by Gasteiger charge is -2.07. The van der Waals surface area contributed by atoms with Crippen molar-refractivity contribution in [1.82, 2.24) is 5.43 Å². The van der Waals surface area contributed by atoms with Gasteiger partial charge in [0.15, 0.2) is 0 Å². The zero-order valence-corrected chi connectivity index (χ0v) is 16.3. The highest BCUT2D eigenvalue weighted by Crippen LogP contribution is 2.15. The van der Waals surface area contributed by atoms with Gasteiger partial charge in [0.1, 0.15) is 18.2 Å². The summed E-state index contributed by atoms with van der Waals surface area (Å²) in [7, 11) is 0. The van der Waals surface area contributed by atoms with Gasteiger partial charge in [-0.2, -0.15) is 5.10 Å². The summed E-state index contributed by atoms with van der Waals surface area (Å²) in [6, 6.07) is 20.0. The fraction of sp³-hybridized carbons (Fsp3) is 0.0870. The quantitative estimate of drug-likeness (QED) is 0.458. The number of benzene rings is 3. The molecule has 3 rings (SSSR count). The minimum Gasteiger partial charge on any atom is -0.489 e. The van der Waals surface area contributed by atoms with Gasteiger partial charge in [0, 0.05) is 23.7 Å². The second-order valence-electron chi connectivity index (χ2n) is 6.41. The summed E-state index contributed by atoms with van der Waals surface area (Å²) in [4.78, 5) is 23.3. The van der Waals surface area contributed by atoms with Crippen molar-refractivity contribution in [3.63, 3.8) is 0 Å². The molecule has 3 aromatic carbocycles. The summed E-state index contributed by atoms with van der Waals surface area (Å²) in [6.45, 7) is 1.53. The van der Waals surface area contributed by atoms with Gasteiger partial charge in [0.25, 0.3) is 5.91 Å². The predicted molar refractivity (Wildman–Crippen MR) is 113 cm³/mol. The average Bonchev–Trinajstić information content (AvgIpc) is 2.74. The highest BCUT2D eigenvalue weighted by molar-refractivity contribution is 5.97. The van der Waals surface area contributed by atoms with Crippen LogP contribution in [0.15, 0.2) is 77.9 Å². The molecular weight excluding hydrogens is 385 g/mol. The molecule has 0 saturated carbocycles. The maximum atomic E-state index is 13.6. The molecule has 0 saturated heterocycles. The number of nitrogens with zero attached hydrogens (tertiary/aromatic N) is 1. The smallest absolute Gasteiger partial charge is 0.271 e. The van der Waals surface area contributed by atoms with E-state index in [-0.39, 0.29) is 18.3 Å². The Morgan fingerprint density at radius 2 is 1.80 bits per heavy atom. The number of amides is 2. The summed E-state index contributed by atoms with van der Waals surface area (Å²) >= 11 is 0. The van der Waals surface area contributed by atoms with Gasteiger partial charge in [-0.15, -0.1) is 0 Å². The van der Waals surface area contributed by atoms with Gasteiger partial charge in [-0.25, -0.2) is 9.82 Å². The van der Waals surface area contributed by atoms with Crippen molar-refractivity contribution in [3.8, 4) is 5.75 Å². The maximum absolute atomic E-state index is 13.6. The molecule has 0 heterocycles. The fourth-order valence-corrected chi connectivity index (χ4v) is 2.60. The zero-order valence-electron chi connectivity index (χ0n) is 16.3. The highest BCUT2D eigenvalue weighted by atomic mass is 19.1. The summed E-state index contributed by atoms with van der Waals surface area (Å²) < 4.78 is 19.2. The maximum Gasteiger partial charge on any atom is 0.271 e. The van der Waals surface area contributed by atoms with Crippen LogP contribution in [0.4, 0.5) is 10.1 Å². The summed E-state index contributed by atoms with van der Waals surface area (Å²) in [5.41, 5.74) is 4.57. The largest absolute Gasteiger partial charge is 0.489 e. The third kappa shape index (κ3) is 6.00. The molecule has 2 amide bonds. The first-order valence-corrected chi connectivity index (χ1v) is 9.18. The van der Waals surface area contributed by atoms with E-state index in [1.165, 1.54) is 19.2 Å².